The number of methoxy groups -OCH3 is 1. The van der Waals surface area contributed by atoms with E-state index in [0.717, 1.165) is 6.07 Å². The fourth-order valence-corrected chi connectivity index (χ4v) is 5.22. The third-order valence-electron chi connectivity index (χ3n) is 4.50. The van der Waals surface area contributed by atoms with E-state index in [1.54, 1.807) is 24.3 Å². The maximum absolute atomic E-state index is 14.8. The normalized spacial score (nSPS) is 11.4. The van der Waals surface area contributed by atoms with Crippen LogP contribution in [0.1, 0.15) is 0 Å². The van der Waals surface area contributed by atoms with Crippen molar-refractivity contribution in [3.8, 4) is 17.2 Å². The van der Waals surface area contributed by atoms with E-state index in [1.807, 2.05) is 0 Å². The molecule has 0 aliphatic carbocycles. The van der Waals surface area contributed by atoms with Crippen LogP contribution in [0.5, 0.6) is 17.2 Å². The molecule has 3 aromatic carbocycles. The van der Waals surface area contributed by atoms with Gasteiger partial charge in [-0.05, 0) is 48.5 Å². The molecule has 164 valence electrons. The van der Waals surface area contributed by atoms with Gasteiger partial charge < -0.3 is 9.47 Å². The summed E-state index contributed by atoms with van der Waals surface area (Å²) in [5.74, 6) is 0.0881. The summed E-state index contributed by atoms with van der Waals surface area (Å²) in [6, 6.07) is 14.8. The summed E-state index contributed by atoms with van der Waals surface area (Å²) < 4.78 is 53.4. The van der Waals surface area contributed by atoms with Gasteiger partial charge in [-0.3, -0.25) is 9.71 Å². The van der Waals surface area contributed by atoms with Crippen LogP contribution in [0.15, 0.2) is 71.8 Å². The molecule has 4 rings (SSSR count). The van der Waals surface area contributed by atoms with E-state index < -0.39 is 15.8 Å². The Bertz CT molecular complexity index is 1410. The van der Waals surface area contributed by atoms with E-state index in [1.165, 1.54) is 43.6 Å². The fourth-order valence-electron chi connectivity index (χ4n) is 3.03. The summed E-state index contributed by atoms with van der Waals surface area (Å²) in [5.41, 5.74) is 0.622. The van der Waals surface area contributed by atoms with Crippen molar-refractivity contribution in [1.82, 2.24) is 4.98 Å². The minimum absolute atomic E-state index is 0.0212. The highest BCUT2D eigenvalue weighted by molar-refractivity contribution is 7.93. The summed E-state index contributed by atoms with van der Waals surface area (Å²) in [4.78, 5) is 3.96. The SMILES string of the molecule is COc1ccc2nccc(Oc3ccc(NS(=O)(=O)c4c(Cl)cccc4Cl)cc3F)c2c1. The molecule has 0 spiro atoms. The first kappa shape index (κ1) is 22.1. The minimum Gasteiger partial charge on any atom is -0.497 e. The molecule has 0 saturated heterocycles. The number of benzene rings is 3. The molecule has 10 heteroatoms. The number of ether oxygens (including phenoxy) is 2. The number of nitrogens with one attached hydrogen (secondary N) is 1. The number of rotatable bonds is 6. The Kier molecular flexibility index (Phi) is 6.10. The number of nitrogens with zero attached hydrogens (tertiary/aromatic N) is 1. The van der Waals surface area contributed by atoms with Crippen molar-refractivity contribution in [3.05, 3.63) is 82.7 Å². The first-order valence-electron chi connectivity index (χ1n) is 9.15. The summed E-state index contributed by atoms with van der Waals surface area (Å²) in [5, 5.41) is 0.528. The number of aromatic nitrogens is 1. The predicted molar refractivity (Wildman–Crippen MR) is 122 cm³/mol. The van der Waals surface area contributed by atoms with Gasteiger partial charge in [-0.2, -0.15) is 0 Å². The molecule has 0 atom stereocenters. The zero-order chi connectivity index (χ0) is 22.9. The molecule has 0 aliphatic rings. The fraction of sp³-hybridized carbons (Fsp3) is 0.0455. The molecule has 0 aliphatic heterocycles. The molecular formula is C22H15Cl2FN2O4S. The highest BCUT2D eigenvalue weighted by Crippen LogP contribution is 2.34. The quantitative estimate of drug-likeness (QED) is 0.342. The summed E-state index contributed by atoms with van der Waals surface area (Å²) in [6.07, 6.45) is 1.54. The molecule has 0 fully saturated rings. The van der Waals surface area contributed by atoms with E-state index >= 15 is 0 Å². The Hall–Kier alpha value is -3.07. The predicted octanol–water partition coefficient (Wildman–Crippen LogP) is 6.28. The van der Waals surface area contributed by atoms with Crippen molar-refractivity contribution in [1.29, 1.82) is 0 Å². The summed E-state index contributed by atoms with van der Waals surface area (Å²) >= 11 is 12.0. The van der Waals surface area contributed by atoms with E-state index in [0.29, 0.717) is 22.4 Å². The number of hydrogen-bond donors (Lipinski definition) is 1. The number of pyridine rings is 1. The highest BCUT2D eigenvalue weighted by atomic mass is 35.5. The largest absolute Gasteiger partial charge is 0.497 e. The van der Waals surface area contributed by atoms with Gasteiger partial charge in [0, 0.05) is 17.6 Å². The molecule has 1 aromatic heterocycles. The zero-order valence-corrected chi connectivity index (χ0v) is 18.8. The maximum atomic E-state index is 14.8. The zero-order valence-electron chi connectivity index (χ0n) is 16.5. The van der Waals surface area contributed by atoms with Crippen LogP contribution in [0, 0.1) is 5.82 Å². The van der Waals surface area contributed by atoms with E-state index in [-0.39, 0.29) is 26.4 Å². The van der Waals surface area contributed by atoms with Gasteiger partial charge in [0.15, 0.2) is 11.6 Å². The van der Waals surface area contributed by atoms with Gasteiger partial charge in [0.25, 0.3) is 10.0 Å². The Morgan fingerprint density at radius 2 is 1.72 bits per heavy atom. The van der Waals surface area contributed by atoms with Crippen LogP contribution in [-0.4, -0.2) is 20.5 Å². The van der Waals surface area contributed by atoms with Gasteiger partial charge in [-0.15, -0.1) is 0 Å². The molecule has 0 bridgehead atoms. The van der Waals surface area contributed by atoms with Crippen molar-refractivity contribution in [3.63, 3.8) is 0 Å². The second-order valence-electron chi connectivity index (χ2n) is 6.60. The third kappa shape index (κ3) is 4.43. The van der Waals surface area contributed by atoms with Crippen molar-refractivity contribution >= 4 is 49.8 Å². The van der Waals surface area contributed by atoms with E-state index in [4.69, 9.17) is 32.7 Å². The van der Waals surface area contributed by atoms with E-state index in [9.17, 15) is 12.8 Å². The van der Waals surface area contributed by atoms with Crippen LogP contribution in [0.25, 0.3) is 10.9 Å². The van der Waals surface area contributed by atoms with E-state index in [2.05, 4.69) is 9.71 Å². The second kappa shape index (κ2) is 8.82. The summed E-state index contributed by atoms with van der Waals surface area (Å²) in [6.45, 7) is 0. The molecule has 0 unspecified atom stereocenters. The first-order valence-corrected chi connectivity index (χ1v) is 11.4. The van der Waals surface area contributed by atoms with Crippen molar-refractivity contribution < 1.29 is 22.3 Å². The standard InChI is InChI=1S/C22H15Cl2FN2O4S/c1-30-14-6-7-19-15(12-14)20(9-10-26-19)31-21-8-5-13(11-18(21)25)27-32(28,29)22-16(23)3-2-4-17(22)24/h2-12,27H,1H3. The van der Waals surface area contributed by atoms with Crippen LogP contribution in [-0.2, 0) is 10.0 Å². The van der Waals surface area contributed by atoms with Crippen LogP contribution in [0.2, 0.25) is 10.0 Å². The maximum Gasteiger partial charge on any atom is 0.264 e. The molecular weight excluding hydrogens is 478 g/mol. The molecule has 0 amide bonds. The summed E-state index contributed by atoms with van der Waals surface area (Å²) in [7, 11) is -2.61. The number of hydrogen-bond acceptors (Lipinski definition) is 5. The van der Waals surface area contributed by atoms with Crippen molar-refractivity contribution in [2.24, 2.45) is 0 Å². The molecule has 0 radical (unpaired) electrons. The second-order valence-corrected chi connectivity index (χ2v) is 9.03. The van der Waals surface area contributed by atoms with Crippen molar-refractivity contribution in [2.45, 2.75) is 4.90 Å². The van der Waals surface area contributed by atoms with Gasteiger partial charge in [0.05, 0.1) is 28.4 Å². The average Bonchev–Trinajstić information content (AvgIpc) is 2.75. The lowest BCUT2D eigenvalue weighted by Gasteiger charge is -2.13. The molecule has 32 heavy (non-hydrogen) atoms. The van der Waals surface area contributed by atoms with Crippen LogP contribution in [0.4, 0.5) is 10.1 Å². The minimum atomic E-state index is -4.14. The topological polar surface area (TPSA) is 77.5 Å². The molecule has 1 N–H and O–H groups in total. The lowest BCUT2D eigenvalue weighted by atomic mass is 10.2. The Labute approximate surface area is 193 Å². The van der Waals surface area contributed by atoms with Gasteiger partial charge in [0.1, 0.15) is 16.4 Å². The molecule has 0 saturated carbocycles. The number of anilines is 1. The smallest absolute Gasteiger partial charge is 0.264 e. The number of sulfonamides is 1. The van der Waals surface area contributed by atoms with Gasteiger partial charge in [0.2, 0.25) is 0 Å². The van der Waals surface area contributed by atoms with Crippen LogP contribution < -0.4 is 14.2 Å². The van der Waals surface area contributed by atoms with Gasteiger partial charge in [-0.25, -0.2) is 12.8 Å². The highest BCUT2D eigenvalue weighted by Gasteiger charge is 2.22. The third-order valence-corrected chi connectivity index (χ3v) is 6.84. The lowest BCUT2D eigenvalue weighted by Crippen LogP contribution is -2.14. The van der Waals surface area contributed by atoms with Gasteiger partial charge >= 0.3 is 0 Å². The van der Waals surface area contributed by atoms with Crippen LogP contribution in [0.3, 0.4) is 0 Å². The first-order chi connectivity index (χ1) is 15.3. The van der Waals surface area contributed by atoms with Crippen molar-refractivity contribution in [2.75, 3.05) is 11.8 Å². The Morgan fingerprint density at radius 1 is 0.969 bits per heavy atom. The van der Waals surface area contributed by atoms with Gasteiger partial charge in [-0.1, -0.05) is 29.3 Å². The number of fused-ring (bicyclic) bond motifs is 1. The lowest BCUT2D eigenvalue weighted by molar-refractivity contribution is 0.415. The number of halogens is 3. The Morgan fingerprint density at radius 3 is 2.41 bits per heavy atom. The van der Waals surface area contributed by atoms with Crippen LogP contribution >= 0.6 is 23.2 Å². The Balaban J connectivity index is 1.63. The molecule has 6 nitrogen and oxygen atoms in total. The molecule has 4 aromatic rings. The monoisotopic (exact) mass is 492 g/mol. The molecule has 1 heterocycles. The average molecular weight is 493 g/mol.